The Morgan fingerprint density at radius 3 is 1.21 bits per heavy atom. The minimum Gasteiger partial charge on any atom is -1.00 e. The number of benzene rings is 4. The molecule has 0 fully saturated rings. The van der Waals surface area contributed by atoms with Crippen molar-refractivity contribution in [3.63, 3.8) is 0 Å². The Bertz CT molecular complexity index is 890. The summed E-state index contributed by atoms with van der Waals surface area (Å²) in [4.78, 5) is 0. The monoisotopic (exact) mass is 448 g/mol. The van der Waals surface area contributed by atoms with E-state index in [0.29, 0.717) is 5.75 Å². The molecule has 0 saturated carbocycles. The molecular weight excluding hydrogens is 427 g/mol. The van der Waals surface area contributed by atoms with Crippen LogP contribution in [0.4, 0.5) is 0 Å². The van der Waals surface area contributed by atoms with Crippen molar-refractivity contribution in [1.82, 2.24) is 0 Å². The van der Waals surface area contributed by atoms with E-state index in [1.54, 1.807) is 12.1 Å². The van der Waals surface area contributed by atoms with E-state index < -0.39 is 7.26 Å². The number of hydrogen-bond donors (Lipinski definition) is 1. The summed E-state index contributed by atoms with van der Waals surface area (Å²) in [6.07, 6.45) is 0.922. The minimum absolute atomic E-state index is 0. The van der Waals surface area contributed by atoms with Gasteiger partial charge in [-0.15, -0.1) is 0 Å². The maximum Gasteiger partial charge on any atom is 0.116 e. The summed E-state index contributed by atoms with van der Waals surface area (Å²) < 4.78 is 0. The molecule has 28 heavy (non-hydrogen) atoms. The Hall–Kier alpha value is -2.41. The largest absolute Gasteiger partial charge is 1.00 e. The van der Waals surface area contributed by atoms with Crippen LogP contribution in [0.1, 0.15) is 5.56 Å². The second-order valence-corrected chi connectivity index (χ2v) is 10.1. The fourth-order valence-electron chi connectivity index (χ4n) is 3.64. The van der Waals surface area contributed by atoms with Gasteiger partial charge >= 0.3 is 0 Å². The van der Waals surface area contributed by atoms with E-state index in [0.717, 1.165) is 6.16 Å². The number of halogens is 1. The molecule has 0 aliphatic carbocycles. The lowest BCUT2D eigenvalue weighted by molar-refractivity contribution is -0.00000628. The molecule has 4 aromatic carbocycles. The third-order valence-electron chi connectivity index (χ3n) is 4.95. The second-order valence-electron chi connectivity index (χ2n) is 6.64. The first kappa shape index (κ1) is 20.3. The van der Waals surface area contributed by atoms with Crippen molar-refractivity contribution in [1.29, 1.82) is 0 Å². The number of rotatable bonds is 5. The van der Waals surface area contributed by atoms with Crippen molar-refractivity contribution in [2.24, 2.45) is 0 Å². The van der Waals surface area contributed by atoms with Crippen LogP contribution < -0.4 is 32.9 Å². The lowest BCUT2D eigenvalue weighted by Gasteiger charge is -2.27. The maximum atomic E-state index is 9.72. The quantitative estimate of drug-likeness (QED) is 0.462. The second kappa shape index (κ2) is 9.19. The first-order valence-corrected chi connectivity index (χ1v) is 11.1. The van der Waals surface area contributed by atoms with E-state index in [1.807, 2.05) is 12.1 Å². The van der Waals surface area contributed by atoms with Crippen molar-refractivity contribution in [3.05, 3.63) is 121 Å². The van der Waals surface area contributed by atoms with Gasteiger partial charge in [0.25, 0.3) is 0 Å². The van der Waals surface area contributed by atoms with Gasteiger partial charge in [-0.25, -0.2) is 0 Å². The number of aromatic hydroxyl groups is 1. The molecular formula is C25H22BrOP. The normalized spacial score (nSPS) is 10.9. The molecule has 4 rings (SSSR count). The summed E-state index contributed by atoms with van der Waals surface area (Å²) in [6.45, 7) is 0. The zero-order valence-electron chi connectivity index (χ0n) is 15.4. The van der Waals surface area contributed by atoms with Gasteiger partial charge in [0, 0.05) is 0 Å². The van der Waals surface area contributed by atoms with E-state index in [4.69, 9.17) is 0 Å². The molecule has 0 radical (unpaired) electrons. The van der Waals surface area contributed by atoms with Crippen LogP contribution in [-0.2, 0) is 6.16 Å². The van der Waals surface area contributed by atoms with Crippen LogP contribution in [0, 0.1) is 0 Å². The highest BCUT2D eigenvalue weighted by Crippen LogP contribution is 2.58. The van der Waals surface area contributed by atoms with Crippen molar-refractivity contribution in [2.45, 2.75) is 6.16 Å². The Morgan fingerprint density at radius 1 is 0.500 bits per heavy atom. The lowest BCUT2D eigenvalue weighted by Crippen LogP contribution is -3.00. The first-order chi connectivity index (χ1) is 13.3. The molecule has 3 heteroatoms. The van der Waals surface area contributed by atoms with Crippen LogP contribution in [-0.4, -0.2) is 5.11 Å². The van der Waals surface area contributed by atoms with Gasteiger partial charge in [-0.1, -0.05) is 66.7 Å². The third kappa shape index (κ3) is 4.04. The molecule has 0 atom stereocenters. The zero-order chi connectivity index (χ0) is 18.5. The van der Waals surface area contributed by atoms with Crippen LogP contribution in [0.15, 0.2) is 115 Å². The fourth-order valence-corrected chi connectivity index (χ4v) is 7.89. The average Bonchev–Trinajstić information content (AvgIpc) is 2.75. The van der Waals surface area contributed by atoms with Gasteiger partial charge in [-0.05, 0) is 54.1 Å². The SMILES string of the molecule is Oc1ccc(C[P+](c2ccccc2)(c2ccccc2)c2ccccc2)cc1.[Br-]. The van der Waals surface area contributed by atoms with Crippen LogP contribution in [0.2, 0.25) is 0 Å². The van der Waals surface area contributed by atoms with Gasteiger partial charge in [0.05, 0.1) is 6.16 Å². The van der Waals surface area contributed by atoms with E-state index >= 15 is 0 Å². The van der Waals surface area contributed by atoms with Crippen molar-refractivity contribution < 1.29 is 22.1 Å². The summed E-state index contributed by atoms with van der Waals surface area (Å²) in [5.41, 5.74) is 1.23. The van der Waals surface area contributed by atoms with Crippen LogP contribution in [0.5, 0.6) is 5.75 Å². The van der Waals surface area contributed by atoms with Gasteiger partial charge in [0.15, 0.2) is 0 Å². The van der Waals surface area contributed by atoms with E-state index in [1.165, 1.54) is 21.5 Å². The van der Waals surface area contributed by atoms with Crippen LogP contribution in [0.25, 0.3) is 0 Å². The first-order valence-electron chi connectivity index (χ1n) is 9.12. The highest BCUT2D eigenvalue weighted by molar-refractivity contribution is 7.95. The standard InChI is InChI=1S/C25H21OP.BrH/c26-22-18-16-21(17-19-22)20-27(23-10-4-1-5-11-23,24-12-6-2-7-13-24)25-14-8-3-9-15-25;/h1-19H,20H2;1H. The smallest absolute Gasteiger partial charge is 0.116 e. The lowest BCUT2D eigenvalue weighted by atomic mass is 10.2. The van der Waals surface area contributed by atoms with Gasteiger partial charge in [0.2, 0.25) is 0 Å². The highest BCUT2D eigenvalue weighted by atomic mass is 79.9. The molecule has 0 aromatic heterocycles. The van der Waals surface area contributed by atoms with Crippen molar-refractivity contribution in [3.8, 4) is 5.75 Å². The maximum absolute atomic E-state index is 9.72. The number of phenols is 1. The molecule has 0 aliphatic rings. The molecule has 1 nitrogen and oxygen atoms in total. The summed E-state index contributed by atoms with van der Waals surface area (Å²) in [6, 6.07) is 40.2. The zero-order valence-corrected chi connectivity index (χ0v) is 17.9. The molecule has 0 spiro atoms. The fraction of sp³-hybridized carbons (Fsp3) is 0.0400. The Balaban J connectivity index is 0.00000225. The van der Waals surface area contributed by atoms with Gasteiger partial charge < -0.3 is 22.1 Å². The van der Waals surface area contributed by atoms with Crippen molar-refractivity contribution >= 4 is 23.2 Å². The Morgan fingerprint density at radius 2 is 0.857 bits per heavy atom. The molecule has 0 amide bonds. The summed E-state index contributed by atoms with van der Waals surface area (Å²) in [5.74, 6) is 0.307. The van der Waals surface area contributed by atoms with Crippen LogP contribution >= 0.6 is 7.26 Å². The van der Waals surface area contributed by atoms with Gasteiger partial charge in [-0.2, -0.15) is 0 Å². The summed E-state index contributed by atoms with van der Waals surface area (Å²) in [5, 5.41) is 13.8. The molecule has 0 saturated heterocycles. The third-order valence-corrected chi connectivity index (χ3v) is 9.33. The highest BCUT2D eigenvalue weighted by Gasteiger charge is 2.45. The van der Waals surface area contributed by atoms with Crippen LogP contribution in [0.3, 0.4) is 0 Å². The molecule has 0 aliphatic heterocycles. The average molecular weight is 449 g/mol. The van der Waals surface area contributed by atoms with Crippen molar-refractivity contribution in [2.75, 3.05) is 0 Å². The topological polar surface area (TPSA) is 20.2 Å². The molecule has 140 valence electrons. The van der Waals surface area contributed by atoms with Gasteiger partial charge in [-0.3, -0.25) is 0 Å². The molecule has 0 bridgehead atoms. The summed E-state index contributed by atoms with van der Waals surface area (Å²) in [7, 11) is -1.87. The summed E-state index contributed by atoms with van der Waals surface area (Å²) >= 11 is 0. The number of hydrogen-bond acceptors (Lipinski definition) is 1. The molecule has 4 aromatic rings. The van der Waals surface area contributed by atoms with Gasteiger partial charge in [0.1, 0.15) is 28.9 Å². The predicted molar refractivity (Wildman–Crippen MR) is 117 cm³/mol. The predicted octanol–water partition coefficient (Wildman–Crippen LogP) is 1.89. The number of phenolic OH excluding ortho intramolecular Hbond substituents is 1. The Kier molecular flexibility index (Phi) is 6.67. The van der Waals surface area contributed by atoms with E-state index in [9.17, 15) is 5.11 Å². The molecule has 0 heterocycles. The molecule has 1 N–H and O–H groups in total. The Labute approximate surface area is 177 Å². The molecule has 0 unspecified atom stereocenters. The minimum atomic E-state index is -1.87. The van der Waals surface area contributed by atoms with E-state index in [-0.39, 0.29) is 17.0 Å². The van der Waals surface area contributed by atoms with E-state index in [2.05, 4.69) is 91.0 Å².